The summed E-state index contributed by atoms with van der Waals surface area (Å²) >= 11 is 0. The van der Waals surface area contributed by atoms with Crippen LogP contribution in [0.2, 0.25) is 0 Å². The summed E-state index contributed by atoms with van der Waals surface area (Å²) in [7, 11) is 5.50. The Balaban J connectivity index is 2.26. The Morgan fingerprint density at radius 2 is 2.06 bits per heavy atom. The molecule has 0 unspecified atom stereocenters. The van der Waals surface area contributed by atoms with Crippen LogP contribution in [0.3, 0.4) is 0 Å². The van der Waals surface area contributed by atoms with Gasteiger partial charge in [0.15, 0.2) is 0 Å². The molecule has 0 aromatic carbocycles. The molecule has 2 heterocycles. The van der Waals surface area contributed by atoms with E-state index in [0.29, 0.717) is 11.9 Å². The maximum atomic E-state index is 5.61. The van der Waals surface area contributed by atoms with Crippen LogP contribution in [0.5, 0.6) is 0 Å². The van der Waals surface area contributed by atoms with Gasteiger partial charge in [0.2, 0.25) is 17.8 Å². The smallest absolute Gasteiger partial charge is 0.233 e. The van der Waals surface area contributed by atoms with Gasteiger partial charge in [0.1, 0.15) is 0 Å². The molecule has 2 aromatic rings. The molecule has 8 nitrogen and oxygen atoms in total. The minimum atomic E-state index is 0.176. The van der Waals surface area contributed by atoms with Gasteiger partial charge in [-0.2, -0.15) is 20.1 Å². The average molecular weight is 234 g/mol. The molecule has 0 aliphatic carbocycles. The predicted molar refractivity (Wildman–Crippen MR) is 65.1 cm³/mol. The van der Waals surface area contributed by atoms with E-state index in [2.05, 4.69) is 25.4 Å². The van der Waals surface area contributed by atoms with Gasteiger partial charge < -0.3 is 16.0 Å². The van der Waals surface area contributed by atoms with Crippen molar-refractivity contribution in [3.05, 3.63) is 12.4 Å². The van der Waals surface area contributed by atoms with Crippen LogP contribution in [-0.4, -0.2) is 38.8 Å². The number of aryl methyl sites for hydroxylation is 1. The maximum absolute atomic E-state index is 5.61. The topological polar surface area (TPSA) is 97.8 Å². The van der Waals surface area contributed by atoms with Crippen molar-refractivity contribution < 1.29 is 0 Å². The van der Waals surface area contributed by atoms with Crippen molar-refractivity contribution in [2.75, 3.05) is 30.0 Å². The van der Waals surface area contributed by atoms with Crippen molar-refractivity contribution in [1.29, 1.82) is 0 Å². The highest BCUT2D eigenvalue weighted by Crippen LogP contribution is 2.14. The lowest BCUT2D eigenvalue weighted by molar-refractivity contribution is 0.768. The highest BCUT2D eigenvalue weighted by molar-refractivity contribution is 5.53. The third-order valence-electron chi connectivity index (χ3n) is 2.00. The Bertz CT molecular complexity index is 517. The molecule has 3 N–H and O–H groups in total. The van der Waals surface area contributed by atoms with E-state index in [4.69, 9.17) is 5.73 Å². The van der Waals surface area contributed by atoms with Crippen LogP contribution in [0.25, 0.3) is 0 Å². The summed E-state index contributed by atoms with van der Waals surface area (Å²) in [5.74, 6) is 1.08. The second-order valence-electron chi connectivity index (χ2n) is 3.74. The fraction of sp³-hybridized carbons (Fsp3) is 0.333. The zero-order valence-electron chi connectivity index (χ0n) is 9.92. The first kappa shape index (κ1) is 11.1. The molecule has 0 spiro atoms. The number of hydrogen-bond donors (Lipinski definition) is 2. The minimum Gasteiger partial charge on any atom is -0.368 e. The van der Waals surface area contributed by atoms with Crippen LogP contribution >= 0.6 is 0 Å². The van der Waals surface area contributed by atoms with E-state index in [9.17, 15) is 0 Å². The lowest BCUT2D eigenvalue weighted by atomic mass is 10.6. The standard InChI is InChI=1S/C9H14N8/c1-16(2)9-14-7(10)13-8(15-9)12-6-4-11-17(3)5-6/h4-5H,1-3H3,(H3,10,12,13,14,15). The first-order chi connectivity index (χ1) is 8.04. The molecule has 0 atom stereocenters. The monoisotopic (exact) mass is 234 g/mol. The second-order valence-corrected chi connectivity index (χ2v) is 3.74. The lowest BCUT2D eigenvalue weighted by Gasteiger charge is -2.11. The highest BCUT2D eigenvalue weighted by Gasteiger charge is 2.06. The Kier molecular flexibility index (Phi) is 2.77. The first-order valence-electron chi connectivity index (χ1n) is 4.99. The van der Waals surface area contributed by atoms with Gasteiger partial charge in [-0.3, -0.25) is 4.68 Å². The minimum absolute atomic E-state index is 0.176. The highest BCUT2D eigenvalue weighted by atomic mass is 15.3. The van der Waals surface area contributed by atoms with E-state index in [-0.39, 0.29) is 5.95 Å². The predicted octanol–water partition coefficient (Wildman–Crippen LogP) is -0.00310. The zero-order chi connectivity index (χ0) is 12.4. The maximum Gasteiger partial charge on any atom is 0.233 e. The number of nitrogens with zero attached hydrogens (tertiary/aromatic N) is 6. The van der Waals surface area contributed by atoms with Crippen molar-refractivity contribution in [3.8, 4) is 0 Å². The summed E-state index contributed by atoms with van der Waals surface area (Å²) in [6.07, 6.45) is 3.49. The third kappa shape index (κ3) is 2.60. The Morgan fingerprint density at radius 3 is 2.65 bits per heavy atom. The summed E-state index contributed by atoms with van der Waals surface area (Å²) < 4.78 is 1.68. The van der Waals surface area contributed by atoms with Crippen LogP contribution in [-0.2, 0) is 7.05 Å². The molecule has 2 rings (SSSR count). The second kappa shape index (κ2) is 4.24. The van der Waals surface area contributed by atoms with E-state index < -0.39 is 0 Å². The number of nitrogen functional groups attached to an aromatic ring is 1. The van der Waals surface area contributed by atoms with Gasteiger partial charge in [-0.15, -0.1) is 0 Å². The number of nitrogens with one attached hydrogen (secondary N) is 1. The Labute approximate surface area is 98.5 Å². The van der Waals surface area contributed by atoms with Gasteiger partial charge in [-0.1, -0.05) is 0 Å². The van der Waals surface area contributed by atoms with E-state index in [1.54, 1.807) is 15.8 Å². The van der Waals surface area contributed by atoms with Crippen LogP contribution in [0, 0.1) is 0 Å². The molecular formula is C9H14N8. The van der Waals surface area contributed by atoms with Gasteiger partial charge in [0, 0.05) is 27.3 Å². The molecule has 0 aliphatic heterocycles. The van der Waals surface area contributed by atoms with Crippen molar-refractivity contribution in [1.82, 2.24) is 24.7 Å². The van der Waals surface area contributed by atoms with E-state index >= 15 is 0 Å². The van der Waals surface area contributed by atoms with E-state index in [1.165, 1.54) is 0 Å². The summed E-state index contributed by atoms with van der Waals surface area (Å²) in [6.45, 7) is 0. The molecule has 17 heavy (non-hydrogen) atoms. The summed E-state index contributed by atoms with van der Waals surface area (Å²) in [5.41, 5.74) is 6.40. The van der Waals surface area contributed by atoms with E-state index in [1.807, 2.05) is 27.3 Å². The first-order valence-corrected chi connectivity index (χ1v) is 4.99. The molecule has 0 saturated heterocycles. The SMILES string of the molecule is CN(C)c1nc(N)nc(Nc2cnn(C)c2)n1. The fourth-order valence-corrected chi connectivity index (χ4v) is 1.25. The number of hydrogen-bond acceptors (Lipinski definition) is 7. The molecule has 8 heteroatoms. The average Bonchev–Trinajstić information content (AvgIpc) is 2.63. The van der Waals surface area contributed by atoms with Gasteiger partial charge in [-0.05, 0) is 0 Å². The number of nitrogens with two attached hydrogens (primary N) is 1. The van der Waals surface area contributed by atoms with Crippen LogP contribution in [0.15, 0.2) is 12.4 Å². The lowest BCUT2D eigenvalue weighted by Crippen LogP contribution is -2.15. The van der Waals surface area contributed by atoms with Crippen molar-refractivity contribution >= 4 is 23.5 Å². The molecule has 0 fully saturated rings. The summed E-state index contributed by atoms with van der Waals surface area (Å²) in [6, 6.07) is 0. The Morgan fingerprint density at radius 1 is 1.29 bits per heavy atom. The molecular weight excluding hydrogens is 220 g/mol. The molecule has 0 aliphatic rings. The molecule has 0 saturated carbocycles. The summed E-state index contributed by atoms with van der Waals surface area (Å²) in [5, 5.41) is 7.04. The fourth-order valence-electron chi connectivity index (χ4n) is 1.25. The van der Waals surface area contributed by atoms with Gasteiger partial charge in [0.25, 0.3) is 0 Å². The molecule has 0 radical (unpaired) electrons. The third-order valence-corrected chi connectivity index (χ3v) is 2.00. The number of rotatable bonds is 3. The number of aromatic nitrogens is 5. The van der Waals surface area contributed by atoms with E-state index in [0.717, 1.165) is 5.69 Å². The van der Waals surface area contributed by atoms with Gasteiger partial charge in [-0.25, -0.2) is 0 Å². The largest absolute Gasteiger partial charge is 0.368 e. The molecule has 0 amide bonds. The quantitative estimate of drug-likeness (QED) is 0.771. The van der Waals surface area contributed by atoms with Gasteiger partial charge in [0.05, 0.1) is 11.9 Å². The Hall–Kier alpha value is -2.38. The van der Waals surface area contributed by atoms with Crippen LogP contribution < -0.4 is 16.0 Å². The normalized spacial score (nSPS) is 10.3. The number of anilines is 4. The zero-order valence-corrected chi connectivity index (χ0v) is 9.92. The van der Waals surface area contributed by atoms with Crippen molar-refractivity contribution in [2.45, 2.75) is 0 Å². The van der Waals surface area contributed by atoms with Crippen molar-refractivity contribution in [3.63, 3.8) is 0 Å². The molecule has 0 bridgehead atoms. The molecule has 90 valence electrons. The molecule has 2 aromatic heterocycles. The van der Waals surface area contributed by atoms with Crippen molar-refractivity contribution in [2.24, 2.45) is 7.05 Å². The van der Waals surface area contributed by atoms with Crippen LogP contribution in [0.4, 0.5) is 23.5 Å². The summed E-state index contributed by atoms with van der Waals surface area (Å²) in [4.78, 5) is 14.0. The van der Waals surface area contributed by atoms with Gasteiger partial charge >= 0.3 is 0 Å². The van der Waals surface area contributed by atoms with Crippen LogP contribution in [0.1, 0.15) is 0 Å².